The second-order valence-electron chi connectivity index (χ2n) is 5.38. The molecule has 1 N–H and O–H groups in total. The summed E-state index contributed by atoms with van der Waals surface area (Å²) < 4.78 is 57.5. The molecule has 2 aromatic rings. The number of benzene rings is 2. The second kappa shape index (κ2) is 8.63. The molecule has 0 aliphatic rings. The summed E-state index contributed by atoms with van der Waals surface area (Å²) in [6, 6.07) is 10.1. The Labute approximate surface area is 155 Å². The summed E-state index contributed by atoms with van der Waals surface area (Å²) in [6.07, 6.45) is 3.52. The van der Waals surface area contributed by atoms with Crippen molar-refractivity contribution >= 4 is 27.5 Å². The Morgan fingerprint density at radius 3 is 2.37 bits per heavy atom. The third-order valence-electron chi connectivity index (χ3n) is 3.40. The van der Waals surface area contributed by atoms with Gasteiger partial charge in [-0.2, -0.15) is 8.78 Å². The molecule has 2 rings (SSSR count). The van der Waals surface area contributed by atoms with E-state index in [1.165, 1.54) is 49.6 Å². The number of ether oxygens (including phenoxy) is 2. The lowest BCUT2D eigenvalue weighted by Crippen LogP contribution is -2.08. The van der Waals surface area contributed by atoms with E-state index in [9.17, 15) is 22.0 Å². The van der Waals surface area contributed by atoms with Crippen LogP contribution in [0.1, 0.15) is 5.56 Å². The molecule has 0 fully saturated rings. The number of alkyl halides is 2. The highest BCUT2D eigenvalue weighted by Crippen LogP contribution is 2.33. The Kier molecular flexibility index (Phi) is 6.51. The normalized spacial score (nSPS) is 11.6. The van der Waals surface area contributed by atoms with Gasteiger partial charge in [0.1, 0.15) is 0 Å². The molecular weight excluding hydrogens is 380 g/mol. The van der Waals surface area contributed by atoms with Gasteiger partial charge in [-0.15, -0.1) is 0 Å². The van der Waals surface area contributed by atoms with E-state index in [2.05, 4.69) is 10.1 Å². The summed E-state index contributed by atoms with van der Waals surface area (Å²) in [4.78, 5) is 12.1. The minimum atomic E-state index is -3.33. The molecule has 0 spiro atoms. The first-order chi connectivity index (χ1) is 12.7. The van der Waals surface area contributed by atoms with E-state index < -0.39 is 22.4 Å². The fraction of sp³-hybridized carbons (Fsp3) is 0.167. The van der Waals surface area contributed by atoms with Crippen molar-refractivity contribution in [3.05, 3.63) is 54.1 Å². The lowest BCUT2D eigenvalue weighted by Gasteiger charge is -2.12. The minimum Gasteiger partial charge on any atom is -0.493 e. The number of sulfone groups is 1. The number of amides is 1. The summed E-state index contributed by atoms with van der Waals surface area (Å²) in [6.45, 7) is -3.05. The van der Waals surface area contributed by atoms with Gasteiger partial charge in [0, 0.05) is 23.6 Å². The molecule has 0 saturated carbocycles. The van der Waals surface area contributed by atoms with E-state index >= 15 is 0 Å². The Bertz CT molecular complexity index is 941. The summed E-state index contributed by atoms with van der Waals surface area (Å²) >= 11 is 0. The third kappa shape index (κ3) is 5.78. The zero-order valence-electron chi connectivity index (χ0n) is 14.5. The first-order valence-electron chi connectivity index (χ1n) is 7.61. The number of methoxy groups -OCH3 is 1. The molecule has 0 heterocycles. The van der Waals surface area contributed by atoms with Gasteiger partial charge in [0.05, 0.1) is 12.0 Å². The first kappa shape index (κ1) is 20.4. The number of halogens is 2. The van der Waals surface area contributed by atoms with Gasteiger partial charge in [-0.05, 0) is 36.4 Å². The van der Waals surface area contributed by atoms with Crippen molar-refractivity contribution in [1.82, 2.24) is 0 Å². The van der Waals surface area contributed by atoms with Crippen LogP contribution >= 0.6 is 0 Å². The molecule has 144 valence electrons. The average molecular weight is 397 g/mol. The maximum Gasteiger partial charge on any atom is 0.387 e. The van der Waals surface area contributed by atoms with Gasteiger partial charge < -0.3 is 14.8 Å². The fourth-order valence-corrected chi connectivity index (χ4v) is 2.81. The van der Waals surface area contributed by atoms with Crippen LogP contribution in [0, 0.1) is 0 Å². The van der Waals surface area contributed by atoms with Crippen LogP contribution in [0.3, 0.4) is 0 Å². The number of anilines is 1. The molecule has 2 aromatic carbocycles. The molecular formula is C18H17F2NO5S. The molecule has 0 aliphatic heterocycles. The van der Waals surface area contributed by atoms with Crippen molar-refractivity contribution in [3.8, 4) is 11.5 Å². The molecule has 9 heteroatoms. The van der Waals surface area contributed by atoms with Gasteiger partial charge >= 0.3 is 6.61 Å². The number of hydrogen-bond donors (Lipinski definition) is 1. The van der Waals surface area contributed by atoms with Crippen LogP contribution in [0.15, 0.2) is 53.4 Å². The molecule has 1 amide bonds. The van der Waals surface area contributed by atoms with Crippen LogP contribution in [0.2, 0.25) is 0 Å². The van der Waals surface area contributed by atoms with Crippen molar-refractivity contribution in [3.63, 3.8) is 0 Å². The second-order valence-corrected chi connectivity index (χ2v) is 7.39. The van der Waals surface area contributed by atoms with Crippen LogP contribution in [-0.2, 0) is 14.6 Å². The van der Waals surface area contributed by atoms with Gasteiger partial charge in [0.2, 0.25) is 5.91 Å². The van der Waals surface area contributed by atoms with E-state index in [1.807, 2.05) is 0 Å². The van der Waals surface area contributed by atoms with Crippen molar-refractivity contribution < 1.29 is 31.5 Å². The SMILES string of the molecule is COc1cccc(/C=C/C(=O)Nc2ccc(S(C)(=O)=O)cc2)c1OC(F)F. The maximum absolute atomic E-state index is 12.6. The Balaban J connectivity index is 2.15. The molecule has 0 atom stereocenters. The third-order valence-corrected chi connectivity index (χ3v) is 4.53. The number of carbonyl (C=O) groups is 1. The number of hydrogen-bond acceptors (Lipinski definition) is 5. The Morgan fingerprint density at radius 1 is 1.15 bits per heavy atom. The number of rotatable bonds is 7. The smallest absolute Gasteiger partial charge is 0.387 e. The zero-order valence-corrected chi connectivity index (χ0v) is 15.3. The standard InChI is InChI=1S/C18H17F2NO5S/c1-25-15-5-3-4-12(17(15)26-18(19)20)6-11-16(22)21-13-7-9-14(10-8-13)27(2,23)24/h3-11,18H,1-2H3,(H,21,22)/b11-6+. The highest BCUT2D eigenvalue weighted by molar-refractivity contribution is 7.90. The summed E-state index contributed by atoms with van der Waals surface area (Å²) in [5.41, 5.74) is 0.615. The van der Waals surface area contributed by atoms with Crippen LogP contribution < -0.4 is 14.8 Å². The molecule has 0 radical (unpaired) electrons. The van der Waals surface area contributed by atoms with Crippen molar-refractivity contribution in [1.29, 1.82) is 0 Å². The summed E-state index contributed by atoms with van der Waals surface area (Å²) in [5, 5.41) is 2.54. The van der Waals surface area contributed by atoms with Crippen LogP contribution in [-0.4, -0.2) is 34.3 Å². The van der Waals surface area contributed by atoms with Crippen molar-refractivity contribution in [2.24, 2.45) is 0 Å². The van der Waals surface area contributed by atoms with E-state index in [0.29, 0.717) is 5.69 Å². The topological polar surface area (TPSA) is 81.7 Å². The number of nitrogens with one attached hydrogen (secondary N) is 1. The molecule has 0 aliphatic carbocycles. The highest BCUT2D eigenvalue weighted by atomic mass is 32.2. The molecule has 0 saturated heterocycles. The molecule has 6 nitrogen and oxygen atoms in total. The lowest BCUT2D eigenvalue weighted by atomic mass is 10.1. The lowest BCUT2D eigenvalue weighted by molar-refractivity contribution is -0.111. The molecule has 27 heavy (non-hydrogen) atoms. The molecule has 0 aromatic heterocycles. The summed E-state index contributed by atoms with van der Waals surface area (Å²) in [7, 11) is -2.02. The fourth-order valence-electron chi connectivity index (χ4n) is 2.17. The Hall–Kier alpha value is -2.94. The average Bonchev–Trinajstić information content (AvgIpc) is 2.60. The monoisotopic (exact) mass is 397 g/mol. The minimum absolute atomic E-state index is 0.106. The number of carbonyl (C=O) groups excluding carboxylic acids is 1. The van der Waals surface area contributed by atoms with E-state index in [0.717, 1.165) is 12.3 Å². The van der Waals surface area contributed by atoms with Crippen LogP contribution in [0.5, 0.6) is 11.5 Å². The maximum atomic E-state index is 12.6. The van der Waals surface area contributed by atoms with Gasteiger partial charge in [-0.3, -0.25) is 4.79 Å². The van der Waals surface area contributed by atoms with Crippen molar-refractivity contribution in [2.75, 3.05) is 18.7 Å². The van der Waals surface area contributed by atoms with Crippen molar-refractivity contribution in [2.45, 2.75) is 11.5 Å². The zero-order chi connectivity index (χ0) is 20.0. The summed E-state index contributed by atoms with van der Waals surface area (Å²) in [5.74, 6) is -0.612. The van der Waals surface area contributed by atoms with Gasteiger partial charge in [-0.1, -0.05) is 12.1 Å². The number of para-hydroxylation sites is 1. The van der Waals surface area contributed by atoms with Gasteiger partial charge in [0.25, 0.3) is 0 Å². The van der Waals surface area contributed by atoms with Crippen LogP contribution in [0.4, 0.5) is 14.5 Å². The van der Waals surface area contributed by atoms with Crippen LogP contribution in [0.25, 0.3) is 6.08 Å². The van der Waals surface area contributed by atoms with E-state index in [1.54, 1.807) is 6.07 Å². The van der Waals surface area contributed by atoms with Gasteiger partial charge in [-0.25, -0.2) is 8.42 Å². The molecule has 0 bridgehead atoms. The first-order valence-corrected chi connectivity index (χ1v) is 9.51. The highest BCUT2D eigenvalue weighted by Gasteiger charge is 2.14. The molecule has 0 unspecified atom stereocenters. The van der Waals surface area contributed by atoms with E-state index in [-0.39, 0.29) is 22.0 Å². The van der Waals surface area contributed by atoms with Gasteiger partial charge in [0.15, 0.2) is 21.3 Å². The Morgan fingerprint density at radius 2 is 1.81 bits per heavy atom. The predicted octanol–water partition coefficient (Wildman–Crippen LogP) is 3.35. The quantitative estimate of drug-likeness (QED) is 0.725. The van der Waals surface area contributed by atoms with E-state index in [4.69, 9.17) is 4.74 Å². The largest absolute Gasteiger partial charge is 0.493 e. The predicted molar refractivity (Wildman–Crippen MR) is 96.8 cm³/mol.